The molecule has 1 saturated carbocycles. The van der Waals surface area contributed by atoms with Gasteiger partial charge in [0.1, 0.15) is 0 Å². The molecule has 0 bridgehead atoms. The summed E-state index contributed by atoms with van der Waals surface area (Å²) < 4.78 is 1.73. The monoisotopic (exact) mass is 317 g/mol. The van der Waals surface area contributed by atoms with Crippen molar-refractivity contribution < 1.29 is 4.79 Å². The standard InChI is InChI=1S/C20H19N3O/c24-20(17-13-21-23(14-17)18-9-5-2-6-10-18)22-19(16-11-12-16)15-7-3-1-4-8-15/h1-10,13-14,16,19H,11-12H2,(H,22,24)/t19-/m1/s1. The van der Waals surface area contributed by atoms with Crippen LogP contribution in [0.3, 0.4) is 0 Å². The quantitative estimate of drug-likeness (QED) is 0.779. The van der Waals surface area contributed by atoms with Gasteiger partial charge in [0.25, 0.3) is 5.91 Å². The Bertz CT molecular complexity index is 822. The highest BCUT2D eigenvalue weighted by atomic mass is 16.1. The molecule has 4 rings (SSSR count). The lowest BCUT2D eigenvalue weighted by Gasteiger charge is -2.18. The van der Waals surface area contributed by atoms with Gasteiger partial charge in [0.05, 0.1) is 23.5 Å². The van der Waals surface area contributed by atoms with Gasteiger partial charge in [-0.05, 0) is 36.5 Å². The predicted octanol–water partition coefficient (Wildman–Crippen LogP) is 3.75. The molecule has 1 fully saturated rings. The van der Waals surface area contributed by atoms with Crippen LogP contribution in [0.15, 0.2) is 73.1 Å². The maximum atomic E-state index is 12.6. The van der Waals surface area contributed by atoms with Crippen LogP contribution in [0.1, 0.15) is 34.8 Å². The minimum absolute atomic E-state index is 0.0714. The Morgan fingerprint density at radius 1 is 1.04 bits per heavy atom. The van der Waals surface area contributed by atoms with Gasteiger partial charge >= 0.3 is 0 Å². The van der Waals surface area contributed by atoms with E-state index in [1.54, 1.807) is 17.1 Å². The maximum absolute atomic E-state index is 12.6. The van der Waals surface area contributed by atoms with Gasteiger partial charge in [0.2, 0.25) is 0 Å². The summed E-state index contributed by atoms with van der Waals surface area (Å²) in [5.74, 6) is 0.471. The van der Waals surface area contributed by atoms with Crippen LogP contribution < -0.4 is 5.32 Å². The summed E-state index contributed by atoms with van der Waals surface area (Å²) in [4.78, 5) is 12.6. The average molecular weight is 317 g/mol. The second-order valence-electron chi connectivity index (χ2n) is 6.21. The van der Waals surface area contributed by atoms with Crippen molar-refractivity contribution in [2.24, 2.45) is 5.92 Å². The van der Waals surface area contributed by atoms with Gasteiger partial charge in [0, 0.05) is 6.20 Å². The number of carbonyl (C=O) groups excluding carboxylic acids is 1. The number of benzene rings is 2. The SMILES string of the molecule is O=C(N[C@H](c1ccccc1)C1CC1)c1cnn(-c2ccccc2)c1. The van der Waals surface area contributed by atoms with Gasteiger partial charge < -0.3 is 5.32 Å². The molecule has 2 aromatic carbocycles. The van der Waals surface area contributed by atoms with E-state index in [1.807, 2.05) is 48.5 Å². The third-order valence-electron chi connectivity index (χ3n) is 4.40. The molecule has 0 spiro atoms. The minimum atomic E-state index is -0.0714. The van der Waals surface area contributed by atoms with E-state index in [0.29, 0.717) is 11.5 Å². The van der Waals surface area contributed by atoms with Gasteiger partial charge in [0.15, 0.2) is 0 Å². The molecule has 3 aromatic rings. The number of para-hydroxylation sites is 1. The van der Waals surface area contributed by atoms with Crippen LogP contribution >= 0.6 is 0 Å². The molecule has 1 amide bonds. The Morgan fingerprint density at radius 3 is 2.38 bits per heavy atom. The Kier molecular flexibility index (Phi) is 3.87. The van der Waals surface area contributed by atoms with E-state index in [9.17, 15) is 4.79 Å². The molecule has 0 unspecified atom stereocenters. The zero-order chi connectivity index (χ0) is 16.4. The van der Waals surface area contributed by atoms with E-state index in [0.717, 1.165) is 5.69 Å². The Hall–Kier alpha value is -2.88. The molecule has 1 atom stereocenters. The first kappa shape index (κ1) is 14.7. The van der Waals surface area contributed by atoms with E-state index >= 15 is 0 Å². The molecule has 1 aromatic heterocycles. The zero-order valence-corrected chi connectivity index (χ0v) is 13.3. The van der Waals surface area contributed by atoms with E-state index < -0.39 is 0 Å². The molecular weight excluding hydrogens is 298 g/mol. The highest BCUT2D eigenvalue weighted by Gasteiger charge is 2.33. The molecule has 1 aliphatic rings. The number of carbonyl (C=O) groups is 1. The lowest BCUT2D eigenvalue weighted by molar-refractivity contribution is 0.0931. The summed E-state index contributed by atoms with van der Waals surface area (Å²) in [5, 5.41) is 7.49. The number of rotatable bonds is 5. The molecule has 0 saturated heterocycles. The largest absolute Gasteiger partial charge is 0.345 e. The van der Waals surface area contributed by atoms with Crippen LogP contribution in [0, 0.1) is 5.92 Å². The maximum Gasteiger partial charge on any atom is 0.254 e. The van der Waals surface area contributed by atoms with Gasteiger partial charge in [-0.1, -0.05) is 48.5 Å². The van der Waals surface area contributed by atoms with Crippen LogP contribution in [0.4, 0.5) is 0 Å². The molecule has 0 aliphatic heterocycles. The fourth-order valence-corrected chi connectivity index (χ4v) is 2.95. The summed E-state index contributed by atoms with van der Waals surface area (Å²) >= 11 is 0. The molecule has 1 N–H and O–H groups in total. The molecule has 120 valence electrons. The van der Waals surface area contributed by atoms with Crippen LogP contribution in [0.2, 0.25) is 0 Å². The lowest BCUT2D eigenvalue weighted by atomic mass is 10.0. The molecule has 4 nitrogen and oxygen atoms in total. The summed E-state index contributed by atoms with van der Waals surface area (Å²) in [7, 11) is 0. The van der Waals surface area contributed by atoms with E-state index in [4.69, 9.17) is 0 Å². The first-order valence-corrected chi connectivity index (χ1v) is 8.27. The van der Waals surface area contributed by atoms with E-state index in [2.05, 4.69) is 22.5 Å². The number of hydrogen-bond donors (Lipinski definition) is 1. The van der Waals surface area contributed by atoms with Crippen molar-refractivity contribution in [1.82, 2.24) is 15.1 Å². The molecular formula is C20H19N3O. The average Bonchev–Trinajstić information content (AvgIpc) is 3.36. The number of hydrogen-bond acceptors (Lipinski definition) is 2. The molecule has 4 heteroatoms. The Morgan fingerprint density at radius 2 is 1.71 bits per heavy atom. The van der Waals surface area contributed by atoms with Crippen molar-refractivity contribution >= 4 is 5.91 Å². The Labute approximate surface area is 141 Å². The van der Waals surface area contributed by atoms with Crippen LogP contribution in [0.25, 0.3) is 5.69 Å². The van der Waals surface area contributed by atoms with Gasteiger partial charge in [-0.25, -0.2) is 4.68 Å². The zero-order valence-electron chi connectivity index (χ0n) is 13.3. The van der Waals surface area contributed by atoms with Crippen LogP contribution in [-0.4, -0.2) is 15.7 Å². The fraction of sp³-hybridized carbons (Fsp3) is 0.200. The summed E-state index contributed by atoms with van der Waals surface area (Å²) in [6.45, 7) is 0. The highest BCUT2D eigenvalue weighted by Crippen LogP contribution is 2.41. The van der Waals surface area contributed by atoms with Crippen LogP contribution in [-0.2, 0) is 0 Å². The molecule has 1 aliphatic carbocycles. The normalized spacial score (nSPS) is 15.0. The first-order chi connectivity index (χ1) is 11.8. The fourth-order valence-electron chi connectivity index (χ4n) is 2.95. The number of aromatic nitrogens is 2. The lowest BCUT2D eigenvalue weighted by Crippen LogP contribution is -2.29. The second kappa shape index (κ2) is 6.32. The minimum Gasteiger partial charge on any atom is -0.345 e. The van der Waals surface area contributed by atoms with Crippen molar-refractivity contribution in [3.05, 3.63) is 84.2 Å². The number of nitrogens with one attached hydrogen (secondary N) is 1. The molecule has 0 radical (unpaired) electrons. The van der Waals surface area contributed by atoms with Crippen molar-refractivity contribution in [2.45, 2.75) is 18.9 Å². The molecule has 1 heterocycles. The van der Waals surface area contributed by atoms with Crippen molar-refractivity contribution in [3.63, 3.8) is 0 Å². The third-order valence-corrected chi connectivity index (χ3v) is 4.40. The van der Waals surface area contributed by atoms with Gasteiger partial charge in [-0.3, -0.25) is 4.79 Å². The smallest absolute Gasteiger partial charge is 0.254 e. The van der Waals surface area contributed by atoms with Gasteiger partial charge in [-0.2, -0.15) is 5.10 Å². The summed E-state index contributed by atoms with van der Waals surface area (Å²) in [5.41, 5.74) is 2.70. The number of nitrogens with zero attached hydrogens (tertiary/aromatic N) is 2. The predicted molar refractivity (Wildman–Crippen MR) is 92.9 cm³/mol. The van der Waals surface area contributed by atoms with E-state index in [-0.39, 0.29) is 11.9 Å². The number of amides is 1. The third kappa shape index (κ3) is 3.08. The topological polar surface area (TPSA) is 46.9 Å². The summed E-state index contributed by atoms with van der Waals surface area (Å²) in [6.07, 6.45) is 5.74. The summed E-state index contributed by atoms with van der Waals surface area (Å²) in [6, 6.07) is 20.1. The Balaban J connectivity index is 1.52. The first-order valence-electron chi connectivity index (χ1n) is 8.27. The van der Waals surface area contributed by atoms with Crippen molar-refractivity contribution in [2.75, 3.05) is 0 Å². The van der Waals surface area contributed by atoms with Gasteiger partial charge in [-0.15, -0.1) is 0 Å². The highest BCUT2D eigenvalue weighted by molar-refractivity contribution is 5.94. The van der Waals surface area contributed by atoms with Crippen molar-refractivity contribution in [1.29, 1.82) is 0 Å². The van der Waals surface area contributed by atoms with E-state index in [1.165, 1.54) is 18.4 Å². The van der Waals surface area contributed by atoms with Crippen molar-refractivity contribution in [3.8, 4) is 5.69 Å². The van der Waals surface area contributed by atoms with Crippen LogP contribution in [0.5, 0.6) is 0 Å². The second-order valence-corrected chi connectivity index (χ2v) is 6.21. The molecule has 24 heavy (non-hydrogen) atoms.